The number of benzene rings is 1. The van der Waals surface area contributed by atoms with Gasteiger partial charge < -0.3 is 10.1 Å². The molecule has 0 saturated heterocycles. The van der Waals surface area contributed by atoms with Gasteiger partial charge in [0.05, 0.1) is 12.2 Å². The molecule has 0 atom stereocenters. The van der Waals surface area contributed by atoms with Crippen molar-refractivity contribution in [2.24, 2.45) is 0 Å². The lowest BCUT2D eigenvalue weighted by Gasteiger charge is -2.09. The zero-order valence-electron chi connectivity index (χ0n) is 15.3. The van der Waals surface area contributed by atoms with Crippen molar-refractivity contribution in [3.05, 3.63) is 46.8 Å². The standard InChI is InChI=1S/C19H23N3O4S/c1-3-4-5-11-26-15-8-6-14(7-9-15)17(24)20-19-16(10-12-27-19)18(25)22-21-13(2)23/h6-10,12H,3-5,11H2,1-2H3,(H,20,24)(H,21,23)(H,22,25). The minimum Gasteiger partial charge on any atom is -0.494 e. The highest BCUT2D eigenvalue weighted by molar-refractivity contribution is 7.14. The molecule has 0 aliphatic heterocycles. The molecule has 2 aromatic rings. The number of thiophene rings is 1. The predicted octanol–water partition coefficient (Wildman–Crippen LogP) is 3.35. The molecule has 2 rings (SSSR count). The second-order valence-corrected chi connectivity index (χ2v) is 6.75. The quantitative estimate of drug-likeness (QED) is 0.476. The number of carbonyl (C=O) groups excluding carboxylic acids is 3. The van der Waals surface area contributed by atoms with Gasteiger partial charge in [0.2, 0.25) is 5.91 Å². The first-order valence-electron chi connectivity index (χ1n) is 8.70. The average molecular weight is 389 g/mol. The highest BCUT2D eigenvalue weighted by Crippen LogP contribution is 2.24. The maximum Gasteiger partial charge on any atom is 0.272 e. The summed E-state index contributed by atoms with van der Waals surface area (Å²) in [6.45, 7) is 4.07. The van der Waals surface area contributed by atoms with Gasteiger partial charge in [-0.3, -0.25) is 25.2 Å². The van der Waals surface area contributed by atoms with Gasteiger partial charge >= 0.3 is 0 Å². The fourth-order valence-electron chi connectivity index (χ4n) is 2.22. The van der Waals surface area contributed by atoms with E-state index < -0.39 is 5.91 Å². The van der Waals surface area contributed by atoms with Crippen LogP contribution in [0.3, 0.4) is 0 Å². The van der Waals surface area contributed by atoms with Gasteiger partial charge in [0.1, 0.15) is 10.8 Å². The molecule has 0 radical (unpaired) electrons. The number of ether oxygens (including phenoxy) is 1. The van der Waals surface area contributed by atoms with Gasteiger partial charge in [0, 0.05) is 12.5 Å². The molecule has 0 bridgehead atoms. The molecule has 0 aliphatic carbocycles. The third-order valence-electron chi connectivity index (χ3n) is 3.62. The van der Waals surface area contributed by atoms with Crippen LogP contribution in [0.25, 0.3) is 0 Å². The molecule has 8 heteroatoms. The van der Waals surface area contributed by atoms with Crippen LogP contribution >= 0.6 is 11.3 Å². The lowest BCUT2D eigenvalue weighted by Crippen LogP contribution is -2.40. The Kier molecular flexibility index (Phi) is 7.81. The largest absolute Gasteiger partial charge is 0.494 e. The molecular weight excluding hydrogens is 366 g/mol. The lowest BCUT2D eigenvalue weighted by atomic mass is 10.2. The van der Waals surface area contributed by atoms with Crippen LogP contribution in [-0.2, 0) is 4.79 Å². The lowest BCUT2D eigenvalue weighted by molar-refractivity contribution is -0.119. The number of unbranched alkanes of at least 4 members (excludes halogenated alkanes) is 2. The van der Waals surface area contributed by atoms with Gasteiger partial charge in [-0.15, -0.1) is 11.3 Å². The SMILES string of the molecule is CCCCCOc1ccc(C(=O)Nc2sccc2C(=O)NNC(C)=O)cc1. The summed E-state index contributed by atoms with van der Waals surface area (Å²) in [5.74, 6) is -0.503. The first-order valence-corrected chi connectivity index (χ1v) is 9.58. The topological polar surface area (TPSA) is 96.5 Å². The summed E-state index contributed by atoms with van der Waals surface area (Å²) in [5.41, 5.74) is 5.22. The number of carbonyl (C=O) groups is 3. The maximum atomic E-state index is 12.4. The fourth-order valence-corrected chi connectivity index (χ4v) is 3.00. The average Bonchev–Trinajstić information content (AvgIpc) is 3.12. The van der Waals surface area contributed by atoms with Crippen molar-refractivity contribution in [3.63, 3.8) is 0 Å². The van der Waals surface area contributed by atoms with E-state index in [0.717, 1.165) is 19.3 Å². The van der Waals surface area contributed by atoms with Crippen LogP contribution in [0.2, 0.25) is 0 Å². The highest BCUT2D eigenvalue weighted by atomic mass is 32.1. The van der Waals surface area contributed by atoms with E-state index in [1.807, 2.05) is 0 Å². The van der Waals surface area contributed by atoms with E-state index in [1.54, 1.807) is 35.7 Å². The van der Waals surface area contributed by atoms with E-state index in [1.165, 1.54) is 18.3 Å². The Morgan fingerprint density at radius 3 is 2.41 bits per heavy atom. The fraction of sp³-hybridized carbons (Fsp3) is 0.316. The number of hydrogen-bond acceptors (Lipinski definition) is 5. The Balaban J connectivity index is 1.94. The Hall–Kier alpha value is -2.87. The molecule has 1 aromatic carbocycles. The Morgan fingerprint density at radius 2 is 1.74 bits per heavy atom. The number of hydrogen-bond donors (Lipinski definition) is 3. The second-order valence-electron chi connectivity index (χ2n) is 5.83. The van der Waals surface area contributed by atoms with Crippen molar-refractivity contribution in [1.29, 1.82) is 0 Å². The van der Waals surface area contributed by atoms with Crippen molar-refractivity contribution in [2.75, 3.05) is 11.9 Å². The van der Waals surface area contributed by atoms with Crippen LogP contribution in [0.1, 0.15) is 53.8 Å². The van der Waals surface area contributed by atoms with Gasteiger partial charge in [-0.1, -0.05) is 19.8 Å². The second kappa shape index (κ2) is 10.3. The summed E-state index contributed by atoms with van der Waals surface area (Å²) in [5, 5.41) is 4.81. The van der Waals surface area contributed by atoms with Crippen molar-refractivity contribution in [3.8, 4) is 5.75 Å². The molecular formula is C19H23N3O4S. The van der Waals surface area contributed by atoms with E-state index in [9.17, 15) is 14.4 Å². The zero-order valence-corrected chi connectivity index (χ0v) is 16.2. The molecule has 3 N–H and O–H groups in total. The molecule has 1 aromatic heterocycles. The Morgan fingerprint density at radius 1 is 1.00 bits per heavy atom. The molecule has 3 amide bonds. The molecule has 1 heterocycles. The number of rotatable bonds is 8. The number of amides is 3. The van der Waals surface area contributed by atoms with E-state index in [0.29, 0.717) is 22.9 Å². The summed E-state index contributed by atoms with van der Waals surface area (Å²) in [6.07, 6.45) is 3.26. The summed E-state index contributed by atoms with van der Waals surface area (Å²) in [6, 6.07) is 8.42. The molecule has 7 nitrogen and oxygen atoms in total. The third-order valence-corrected chi connectivity index (χ3v) is 4.45. The Bertz CT molecular complexity index is 787. The number of nitrogens with one attached hydrogen (secondary N) is 3. The van der Waals surface area contributed by atoms with Crippen LogP contribution < -0.4 is 20.9 Å². The van der Waals surface area contributed by atoms with E-state index in [-0.39, 0.29) is 17.4 Å². The molecule has 144 valence electrons. The van der Waals surface area contributed by atoms with Crippen LogP contribution in [0.15, 0.2) is 35.7 Å². The minimum atomic E-state index is -0.502. The maximum absolute atomic E-state index is 12.4. The molecule has 0 fully saturated rings. The summed E-state index contributed by atoms with van der Waals surface area (Å²) in [7, 11) is 0. The molecule has 0 spiro atoms. The van der Waals surface area contributed by atoms with Gasteiger partial charge in [-0.05, 0) is 42.1 Å². The van der Waals surface area contributed by atoms with Gasteiger partial charge in [-0.25, -0.2) is 0 Å². The normalized spacial score (nSPS) is 10.1. The molecule has 0 saturated carbocycles. The first kappa shape index (κ1) is 20.4. The summed E-state index contributed by atoms with van der Waals surface area (Å²) >= 11 is 1.22. The van der Waals surface area contributed by atoms with Gasteiger partial charge in [-0.2, -0.15) is 0 Å². The highest BCUT2D eigenvalue weighted by Gasteiger charge is 2.16. The molecule has 0 aliphatic rings. The van der Waals surface area contributed by atoms with E-state index in [2.05, 4.69) is 23.1 Å². The van der Waals surface area contributed by atoms with Gasteiger partial charge in [0.15, 0.2) is 0 Å². The zero-order chi connectivity index (χ0) is 19.6. The monoisotopic (exact) mass is 389 g/mol. The van der Waals surface area contributed by atoms with Crippen molar-refractivity contribution >= 4 is 34.1 Å². The minimum absolute atomic E-state index is 0.276. The summed E-state index contributed by atoms with van der Waals surface area (Å²) < 4.78 is 5.63. The van der Waals surface area contributed by atoms with E-state index >= 15 is 0 Å². The van der Waals surface area contributed by atoms with Crippen molar-refractivity contribution in [1.82, 2.24) is 10.9 Å². The smallest absolute Gasteiger partial charge is 0.272 e. The first-order chi connectivity index (χ1) is 13.0. The van der Waals surface area contributed by atoms with E-state index in [4.69, 9.17) is 4.74 Å². The molecule has 0 unspecified atom stereocenters. The van der Waals surface area contributed by atoms with Crippen LogP contribution in [0, 0.1) is 0 Å². The Labute approximate surface area is 162 Å². The van der Waals surface area contributed by atoms with Crippen LogP contribution in [0.4, 0.5) is 5.00 Å². The van der Waals surface area contributed by atoms with Gasteiger partial charge in [0.25, 0.3) is 11.8 Å². The van der Waals surface area contributed by atoms with Crippen LogP contribution in [0.5, 0.6) is 5.75 Å². The van der Waals surface area contributed by atoms with Crippen molar-refractivity contribution < 1.29 is 19.1 Å². The number of hydrazine groups is 1. The van der Waals surface area contributed by atoms with Crippen molar-refractivity contribution in [2.45, 2.75) is 33.1 Å². The number of anilines is 1. The molecule has 27 heavy (non-hydrogen) atoms. The summed E-state index contributed by atoms with van der Waals surface area (Å²) in [4.78, 5) is 35.4. The van der Waals surface area contributed by atoms with Crippen LogP contribution in [-0.4, -0.2) is 24.3 Å². The third kappa shape index (κ3) is 6.41. The predicted molar refractivity (Wildman–Crippen MR) is 105 cm³/mol.